The molecule has 0 bridgehead atoms. The van der Waals surface area contributed by atoms with Crippen LogP contribution < -0.4 is 10.2 Å². The Morgan fingerprint density at radius 1 is 1.33 bits per heavy atom. The first-order valence-corrected chi connectivity index (χ1v) is 6.58. The van der Waals surface area contributed by atoms with Gasteiger partial charge in [0.05, 0.1) is 0 Å². The summed E-state index contributed by atoms with van der Waals surface area (Å²) in [5, 5.41) is 7.78. The lowest BCUT2D eigenvalue weighted by atomic mass is 9.97. The predicted molar refractivity (Wildman–Crippen MR) is 71.9 cm³/mol. The number of rotatable bonds is 3. The molecule has 96 valence electrons. The fourth-order valence-electron chi connectivity index (χ4n) is 2.58. The summed E-state index contributed by atoms with van der Waals surface area (Å²) in [6.45, 7) is 3.24. The monoisotopic (exact) mass is 245 g/mol. The second kappa shape index (κ2) is 4.94. The zero-order valence-electron chi connectivity index (χ0n) is 10.7. The van der Waals surface area contributed by atoms with Crippen molar-refractivity contribution in [3.05, 3.63) is 24.4 Å². The first-order valence-electron chi connectivity index (χ1n) is 6.58. The largest absolute Gasteiger partial charge is 0.339 e. The molecule has 1 fully saturated rings. The Labute approximate surface area is 107 Å². The first-order chi connectivity index (χ1) is 8.86. The Morgan fingerprint density at radius 2 is 2.17 bits per heavy atom. The van der Waals surface area contributed by atoms with E-state index in [-0.39, 0.29) is 0 Å². The molecule has 1 saturated heterocycles. The van der Waals surface area contributed by atoms with Gasteiger partial charge in [0, 0.05) is 19.3 Å². The van der Waals surface area contributed by atoms with Crippen LogP contribution in [0.2, 0.25) is 0 Å². The number of hydrogen-bond acceptors (Lipinski definition) is 4. The molecular weight excluding hydrogens is 226 g/mol. The standard InChI is InChI=1S/C13H19N5/c1-14-10-11-5-8-17(9-6-11)13-15-12-4-2-3-7-18(12)16-13/h2-4,7,11,14H,5-6,8-10H2,1H3. The van der Waals surface area contributed by atoms with Gasteiger partial charge in [0.25, 0.3) is 0 Å². The lowest BCUT2D eigenvalue weighted by molar-refractivity contribution is 0.391. The molecule has 0 saturated carbocycles. The Morgan fingerprint density at radius 3 is 2.89 bits per heavy atom. The number of piperidine rings is 1. The minimum Gasteiger partial charge on any atom is -0.339 e. The van der Waals surface area contributed by atoms with Crippen molar-refractivity contribution in [2.45, 2.75) is 12.8 Å². The van der Waals surface area contributed by atoms with E-state index in [1.54, 1.807) is 0 Å². The van der Waals surface area contributed by atoms with E-state index in [4.69, 9.17) is 0 Å². The molecule has 1 aliphatic rings. The highest BCUT2D eigenvalue weighted by atomic mass is 15.4. The van der Waals surface area contributed by atoms with E-state index < -0.39 is 0 Å². The van der Waals surface area contributed by atoms with Crippen LogP contribution in [0.1, 0.15) is 12.8 Å². The average Bonchev–Trinajstić information content (AvgIpc) is 2.84. The predicted octanol–water partition coefficient (Wildman–Crippen LogP) is 1.17. The molecule has 1 aliphatic heterocycles. The van der Waals surface area contributed by atoms with Crippen LogP contribution in [0.25, 0.3) is 5.65 Å². The van der Waals surface area contributed by atoms with Crippen molar-refractivity contribution in [3.8, 4) is 0 Å². The molecule has 18 heavy (non-hydrogen) atoms. The number of hydrogen-bond donors (Lipinski definition) is 1. The second-order valence-electron chi connectivity index (χ2n) is 4.90. The van der Waals surface area contributed by atoms with Crippen LogP contribution in [0, 0.1) is 5.92 Å². The Balaban J connectivity index is 1.72. The minimum absolute atomic E-state index is 0.795. The van der Waals surface area contributed by atoms with Crippen molar-refractivity contribution in [2.75, 3.05) is 31.6 Å². The molecule has 2 aromatic heterocycles. The quantitative estimate of drug-likeness (QED) is 0.881. The third-order valence-corrected chi connectivity index (χ3v) is 3.62. The zero-order valence-corrected chi connectivity index (χ0v) is 10.7. The van der Waals surface area contributed by atoms with Gasteiger partial charge in [-0.05, 0) is 44.5 Å². The van der Waals surface area contributed by atoms with Gasteiger partial charge in [-0.15, -0.1) is 5.10 Å². The zero-order chi connectivity index (χ0) is 12.4. The van der Waals surface area contributed by atoms with Crippen LogP contribution >= 0.6 is 0 Å². The topological polar surface area (TPSA) is 45.5 Å². The van der Waals surface area contributed by atoms with E-state index in [9.17, 15) is 0 Å². The van der Waals surface area contributed by atoms with Gasteiger partial charge in [0.2, 0.25) is 5.95 Å². The summed E-state index contributed by atoms with van der Waals surface area (Å²) in [6.07, 6.45) is 4.38. The molecule has 0 unspecified atom stereocenters. The molecule has 0 spiro atoms. The maximum atomic E-state index is 4.57. The van der Waals surface area contributed by atoms with E-state index in [1.165, 1.54) is 12.8 Å². The molecule has 3 rings (SSSR count). The van der Waals surface area contributed by atoms with Crippen LogP contribution in [-0.4, -0.2) is 41.3 Å². The van der Waals surface area contributed by atoms with Gasteiger partial charge in [-0.2, -0.15) is 4.98 Å². The van der Waals surface area contributed by atoms with Crippen LogP contribution in [0.3, 0.4) is 0 Å². The highest BCUT2D eigenvalue weighted by Gasteiger charge is 2.21. The lowest BCUT2D eigenvalue weighted by Crippen LogP contribution is -2.37. The van der Waals surface area contributed by atoms with Crippen molar-refractivity contribution in [1.82, 2.24) is 19.9 Å². The number of pyridine rings is 1. The third kappa shape index (κ3) is 2.18. The SMILES string of the molecule is CNCC1CCN(c2nc3ccccn3n2)CC1. The first kappa shape index (κ1) is 11.5. The second-order valence-corrected chi connectivity index (χ2v) is 4.90. The number of anilines is 1. The number of fused-ring (bicyclic) bond motifs is 1. The molecule has 2 aromatic rings. The fraction of sp³-hybridized carbons (Fsp3) is 0.538. The molecule has 1 N–H and O–H groups in total. The molecule has 0 atom stereocenters. The van der Waals surface area contributed by atoms with Gasteiger partial charge in [-0.3, -0.25) is 0 Å². The molecule has 0 radical (unpaired) electrons. The smallest absolute Gasteiger partial charge is 0.245 e. The Kier molecular flexibility index (Phi) is 3.15. The van der Waals surface area contributed by atoms with Crippen molar-refractivity contribution in [1.29, 1.82) is 0 Å². The minimum atomic E-state index is 0.795. The average molecular weight is 245 g/mol. The maximum Gasteiger partial charge on any atom is 0.245 e. The highest BCUT2D eigenvalue weighted by Crippen LogP contribution is 2.20. The lowest BCUT2D eigenvalue weighted by Gasteiger charge is -2.30. The van der Waals surface area contributed by atoms with Crippen LogP contribution in [-0.2, 0) is 0 Å². The van der Waals surface area contributed by atoms with Crippen molar-refractivity contribution in [3.63, 3.8) is 0 Å². The molecule has 3 heterocycles. The van der Waals surface area contributed by atoms with E-state index in [0.717, 1.165) is 37.1 Å². The molecule has 0 aromatic carbocycles. The maximum absolute atomic E-state index is 4.57. The van der Waals surface area contributed by atoms with E-state index in [2.05, 4.69) is 20.3 Å². The Hall–Kier alpha value is -1.62. The summed E-state index contributed by atoms with van der Waals surface area (Å²) in [5.41, 5.74) is 0.921. The summed E-state index contributed by atoms with van der Waals surface area (Å²) in [4.78, 5) is 6.86. The Bertz CT molecular complexity index is 480. The third-order valence-electron chi connectivity index (χ3n) is 3.62. The van der Waals surface area contributed by atoms with Gasteiger partial charge < -0.3 is 10.2 Å². The molecule has 5 heteroatoms. The normalized spacial score (nSPS) is 17.5. The van der Waals surface area contributed by atoms with Crippen LogP contribution in [0.15, 0.2) is 24.4 Å². The number of aromatic nitrogens is 3. The summed E-state index contributed by atoms with van der Waals surface area (Å²) in [6, 6.07) is 5.96. The molecular formula is C13H19N5. The molecule has 5 nitrogen and oxygen atoms in total. The van der Waals surface area contributed by atoms with Crippen molar-refractivity contribution in [2.24, 2.45) is 5.92 Å². The molecule has 0 amide bonds. The van der Waals surface area contributed by atoms with Gasteiger partial charge in [0.1, 0.15) is 0 Å². The van der Waals surface area contributed by atoms with E-state index in [1.807, 2.05) is 36.0 Å². The summed E-state index contributed by atoms with van der Waals surface area (Å²) in [7, 11) is 2.02. The van der Waals surface area contributed by atoms with Gasteiger partial charge in [-0.25, -0.2) is 4.52 Å². The van der Waals surface area contributed by atoms with E-state index in [0.29, 0.717) is 0 Å². The summed E-state index contributed by atoms with van der Waals surface area (Å²) >= 11 is 0. The fourth-order valence-corrected chi connectivity index (χ4v) is 2.58. The van der Waals surface area contributed by atoms with Crippen molar-refractivity contribution >= 4 is 11.6 Å². The number of nitrogens with zero attached hydrogens (tertiary/aromatic N) is 4. The van der Waals surface area contributed by atoms with Gasteiger partial charge >= 0.3 is 0 Å². The highest BCUT2D eigenvalue weighted by molar-refractivity contribution is 5.44. The van der Waals surface area contributed by atoms with Gasteiger partial charge in [0.15, 0.2) is 5.65 Å². The van der Waals surface area contributed by atoms with Crippen LogP contribution in [0.5, 0.6) is 0 Å². The molecule has 0 aliphatic carbocycles. The van der Waals surface area contributed by atoms with Crippen LogP contribution in [0.4, 0.5) is 5.95 Å². The van der Waals surface area contributed by atoms with E-state index >= 15 is 0 Å². The summed E-state index contributed by atoms with van der Waals surface area (Å²) < 4.78 is 1.84. The van der Waals surface area contributed by atoms with Gasteiger partial charge in [-0.1, -0.05) is 6.07 Å². The van der Waals surface area contributed by atoms with Crippen molar-refractivity contribution < 1.29 is 0 Å². The number of nitrogens with one attached hydrogen (secondary N) is 1. The summed E-state index contributed by atoms with van der Waals surface area (Å²) in [5.74, 6) is 1.66.